The van der Waals surface area contributed by atoms with Crippen LogP contribution in [0.5, 0.6) is 0 Å². The van der Waals surface area contributed by atoms with Crippen LogP contribution in [0.15, 0.2) is 45.5 Å². The largest absolute Gasteiger partial charge is 0.459 e. The van der Waals surface area contributed by atoms with E-state index in [0.717, 1.165) is 0 Å². The molecule has 0 fully saturated rings. The Bertz CT molecular complexity index is 1070. The molecule has 0 atom stereocenters. The van der Waals surface area contributed by atoms with Crippen molar-refractivity contribution < 1.29 is 13.3 Å². The highest BCUT2D eigenvalue weighted by molar-refractivity contribution is 6.30. The standard InChI is InChI=1S/C15H9ClFN7O2/c16-7-3-4-8(17)9(6-7)19-15-22-11(21-14(18)23-15)12-20-13(26-24-12)10-2-1-5-25-10/h1-6H,(H3,18,19,21,22,23). The van der Waals surface area contributed by atoms with Gasteiger partial charge >= 0.3 is 0 Å². The Balaban J connectivity index is 1.67. The molecule has 0 aliphatic heterocycles. The number of nitrogen functional groups attached to an aromatic ring is 1. The second-order valence-corrected chi connectivity index (χ2v) is 5.43. The smallest absolute Gasteiger partial charge is 0.294 e. The summed E-state index contributed by atoms with van der Waals surface area (Å²) in [5, 5.41) is 6.82. The van der Waals surface area contributed by atoms with Crippen LogP contribution in [0.3, 0.4) is 0 Å². The minimum Gasteiger partial charge on any atom is -0.459 e. The number of hydrogen-bond acceptors (Lipinski definition) is 9. The fourth-order valence-corrected chi connectivity index (χ4v) is 2.25. The molecule has 3 aromatic heterocycles. The number of furan rings is 1. The number of aromatic nitrogens is 5. The van der Waals surface area contributed by atoms with E-state index in [-0.39, 0.29) is 35.1 Å². The van der Waals surface area contributed by atoms with Crippen LogP contribution < -0.4 is 11.1 Å². The lowest BCUT2D eigenvalue weighted by Gasteiger charge is -2.07. The van der Waals surface area contributed by atoms with Gasteiger partial charge in [0.15, 0.2) is 5.76 Å². The fourth-order valence-electron chi connectivity index (χ4n) is 2.08. The van der Waals surface area contributed by atoms with Gasteiger partial charge in [0.05, 0.1) is 12.0 Å². The van der Waals surface area contributed by atoms with Crippen LogP contribution in [0.1, 0.15) is 0 Å². The molecule has 9 nitrogen and oxygen atoms in total. The zero-order valence-corrected chi connectivity index (χ0v) is 13.6. The number of benzene rings is 1. The predicted molar refractivity (Wildman–Crippen MR) is 89.9 cm³/mol. The Morgan fingerprint density at radius 3 is 2.77 bits per heavy atom. The highest BCUT2D eigenvalue weighted by atomic mass is 35.5. The van der Waals surface area contributed by atoms with Gasteiger partial charge in [-0.2, -0.15) is 19.9 Å². The molecule has 0 aliphatic carbocycles. The fraction of sp³-hybridized carbons (Fsp3) is 0. The van der Waals surface area contributed by atoms with Crippen molar-refractivity contribution in [2.24, 2.45) is 0 Å². The summed E-state index contributed by atoms with van der Waals surface area (Å²) in [5.41, 5.74) is 5.77. The van der Waals surface area contributed by atoms with Crippen molar-refractivity contribution in [3.8, 4) is 23.3 Å². The second-order valence-electron chi connectivity index (χ2n) is 4.99. The molecule has 1 aromatic carbocycles. The first-order chi connectivity index (χ1) is 12.6. The highest BCUT2D eigenvalue weighted by Crippen LogP contribution is 2.24. The Labute approximate surface area is 150 Å². The van der Waals surface area contributed by atoms with E-state index in [2.05, 4.69) is 30.4 Å². The van der Waals surface area contributed by atoms with Gasteiger partial charge < -0.3 is 20.0 Å². The molecule has 3 heterocycles. The van der Waals surface area contributed by atoms with Crippen LogP contribution in [0, 0.1) is 5.82 Å². The van der Waals surface area contributed by atoms with Crippen molar-refractivity contribution >= 4 is 29.2 Å². The van der Waals surface area contributed by atoms with Crippen molar-refractivity contribution in [3.63, 3.8) is 0 Å². The quantitative estimate of drug-likeness (QED) is 0.553. The lowest BCUT2D eigenvalue weighted by molar-refractivity contribution is 0.416. The lowest BCUT2D eigenvalue weighted by atomic mass is 10.3. The van der Waals surface area contributed by atoms with E-state index in [9.17, 15) is 4.39 Å². The van der Waals surface area contributed by atoms with Gasteiger partial charge in [-0.25, -0.2) is 4.39 Å². The van der Waals surface area contributed by atoms with Gasteiger partial charge in [0, 0.05) is 5.02 Å². The van der Waals surface area contributed by atoms with E-state index < -0.39 is 5.82 Å². The second kappa shape index (κ2) is 6.41. The number of nitrogens with one attached hydrogen (secondary N) is 1. The molecule has 0 radical (unpaired) electrons. The maximum absolute atomic E-state index is 13.9. The number of halogens is 2. The van der Waals surface area contributed by atoms with E-state index in [1.54, 1.807) is 12.1 Å². The molecule has 4 aromatic rings. The van der Waals surface area contributed by atoms with Gasteiger partial charge in [-0.1, -0.05) is 16.8 Å². The molecular formula is C15H9ClFN7O2. The van der Waals surface area contributed by atoms with Crippen LogP contribution in [-0.4, -0.2) is 25.1 Å². The normalized spacial score (nSPS) is 10.8. The SMILES string of the molecule is Nc1nc(Nc2cc(Cl)ccc2F)nc(-c2noc(-c3ccco3)n2)n1. The van der Waals surface area contributed by atoms with Crippen molar-refractivity contribution in [3.05, 3.63) is 47.4 Å². The molecule has 0 amide bonds. The summed E-state index contributed by atoms with van der Waals surface area (Å²) in [4.78, 5) is 16.1. The third-order valence-corrected chi connectivity index (χ3v) is 3.42. The summed E-state index contributed by atoms with van der Waals surface area (Å²) < 4.78 is 24.1. The first-order valence-corrected chi connectivity index (χ1v) is 7.58. The monoisotopic (exact) mass is 373 g/mol. The maximum Gasteiger partial charge on any atom is 0.294 e. The van der Waals surface area contributed by atoms with Gasteiger partial charge in [-0.05, 0) is 30.3 Å². The molecule has 0 unspecified atom stereocenters. The average molecular weight is 374 g/mol. The molecule has 0 spiro atoms. The average Bonchev–Trinajstić information content (AvgIpc) is 3.28. The number of nitrogens with zero attached hydrogens (tertiary/aromatic N) is 5. The van der Waals surface area contributed by atoms with Crippen molar-refractivity contribution in [2.75, 3.05) is 11.1 Å². The van der Waals surface area contributed by atoms with Gasteiger partial charge in [0.25, 0.3) is 5.89 Å². The zero-order chi connectivity index (χ0) is 18.1. The predicted octanol–water partition coefficient (Wildman–Crippen LogP) is 3.30. The summed E-state index contributed by atoms with van der Waals surface area (Å²) in [7, 11) is 0. The van der Waals surface area contributed by atoms with E-state index in [0.29, 0.717) is 10.8 Å². The minimum absolute atomic E-state index is 0.00184. The Hall–Kier alpha value is -3.53. The first kappa shape index (κ1) is 16.0. The Morgan fingerprint density at radius 2 is 1.96 bits per heavy atom. The van der Waals surface area contributed by atoms with Crippen molar-refractivity contribution in [1.82, 2.24) is 25.1 Å². The first-order valence-electron chi connectivity index (χ1n) is 7.20. The van der Waals surface area contributed by atoms with Crippen molar-refractivity contribution in [2.45, 2.75) is 0 Å². The van der Waals surface area contributed by atoms with Crippen molar-refractivity contribution in [1.29, 1.82) is 0 Å². The van der Waals surface area contributed by atoms with Crippen LogP contribution in [0.4, 0.5) is 22.0 Å². The molecular weight excluding hydrogens is 365 g/mol. The third kappa shape index (κ3) is 3.17. The van der Waals surface area contributed by atoms with E-state index >= 15 is 0 Å². The molecule has 130 valence electrons. The van der Waals surface area contributed by atoms with Crippen LogP contribution in [-0.2, 0) is 0 Å². The highest BCUT2D eigenvalue weighted by Gasteiger charge is 2.17. The molecule has 0 bridgehead atoms. The molecule has 0 aliphatic rings. The molecule has 4 rings (SSSR count). The molecule has 3 N–H and O–H groups in total. The Morgan fingerprint density at radius 1 is 1.08 bits per heavy atom. The number of nitrogens with two attached hydrogens (primary N) is 1. The molecule has 26 heavy (non-hydrogen) atoms. The van der Waals surface area contributed by atoms with E-state index in [4.69, 9.17) is 26.3 Å². The lowest BCUT2D eigenvalue weighted by Crippen LogP contribution is -2.06. The number of rotatable bonds is 4. The van der Waals surface area contributed by atoms with Crippen LogP contribution in [0.25, 0.3) is 23.3 Å². The van der Waals surface area contributed by atoms with Crippen LogP contribution >= 0.6 is 11.6 Å². The topological polar surface area (TPSA) is 129 Å². The zero-order valence-electron chi connectivity index (χ0n) is 12.8. The third-order valence-electron chi connectivity index (χ3n) is 3.19. The summed E-state index contributed by atoms with van der Waals surface area (Å²) in [6.07, 6.45) is 1.47. The summed E-state index contributed by atoms with van der Waals surface area (Å²) in [5.74, 6) is 0.0190. The summed E-state index contributed by atoms with van der Waals surface area (Å²) in [6, 6.07) is 7.37. The summed E-state index contributed by atoms with van der Waals surface area (Å²) >= 11 is 5.87. The van der Waals surface area contributed by atoms with Gasteiger partial charge in [-0.15, -0.1) is 0 Å². The minimum atomic E-state index is -0.533. The van der Waals surface area contributed by atoms with E-state index in [1.165, 1.54) is 24.5 Å². The van der Waals surface area contributed by atoms with Gasteiger partial charge in [0.1, 0.15) is 5.82 Å². The molecule has 0 saturated heterocycles. The van der Waals surface area contributed by atoms with E-state index in [1.807, 2.05) is 0 Å². The maximum atomic E-state index is 13.9. The molecule has 11 heteroatoms. The van der Waals surface area contributed by atoms with Gasteiger partial charge in [0.2, 0.25) is 23.5 Å². The Kier molecular flexibility index (Phi) is 3.93. The number of anilines is 3. The van der Waals surface area contributed by atoms with Crippen LogP contribution in [0.2, 0.25) is 5.02 Å². The molecule has 0 saturated carbocycles. The number of hydrogen-bond donors (Lipinski definition) is 2. The van der Waals surface area contributed by atoms with Gasteiger partial charge in [-0.3, -0.25) is 0 Å². The summed E-state index contributed by atoms with van der Waals surface area (Å²) in [6.45, 7) is 0.